The monoisotopic (exact) mass is 274 g/mol. The van der Waals surface area contributed by atoms with Crippen molar-refractivity contribution in [2.24, 2.45) is 0 Å². The molecule has 2 aromatic rings. The standard InChI is InChI=1S/C14H15ClN4/c15-13-7-8-14(18-17-13)16-11-3-5-12(6-4-11)19-9-1-2-10-19/h3-8H,1-2,9-10H2,(H,16,18). The molecule has 1 saturated heterocycles. The number of aromatic nitrogens is 2. The maximum atomic E-state index is 5.70. The van der Waals surface area contributed by atoms with Crippen molar-refractivity contribution in [3.05, 3.63) is 41.6 Å². The van der Waals surface area contributed by atoms with Gasteiger partial charge in [0.05, 0.1) is 0 Å². The maximum absolute atomic E-state index is 5.70. The van der Waals surface area contributed by atoms with Crippen LogP contribution in [0.2, 0.25) is 5.15 Å². The largest absolute Gasteiger partial charge is 0.372 e. The molecule has 0 amide bonds. The molecule has 1 fully saturated rings. The van der Waals surface area contributed by atoms with Crippen molar-refractivity contribution in [3.8, 4) is 0 Å². The molecule has 19 heavy (non-hydrogen) atoms. The second-order valence-electron chi connectivity index (χ2n) is 4.61. The van der Waals surface area contributed by atoms with Crippen LogP contribution in [0.15, 0.2) is 36.4 Å². The summed E-state index contributed by atoms with van der Waals surface area (Å²) in [5.74, 6) is 0.693. The van der Waals surface area contributed by atoms with Crippen molar-refractivity contribution in [3.63, 3.8) is 0 Å². The quantitative estimate of drug-likeness (QED) is 0.930. The van der Waals surface area contributed by atoms with Crippen LogP contribution in [-0.4, -0.2) is 23.3 Å². The molecule has 3 rings (SSSR count). The first-order chi connectivity index (χ1) is 9.31. The summed E-state index contributed by atoms with van der Waals surface area (Å²) < 4.78 is 0. The van der Waals surface area contributed by atoms with Crippen LogP contribution in [0, 0.1) is 0 Å². The van der Waals surface area contributed by atoms with Gasteiger partial charge in [-0.3, -0.25) is 0 Å². The molecule has 1 aromatic heterocycles. The summed E-state index contributed by atoms with van der Waals surface area (Å²) >= 11 is 5.70. The highest BCUT2D eigenvalue weighted by atomic mass is 35.5. The summed E-state index contributed by atoms with van der Waals surface area (Å²) in [7, 11) is 0. The Balaban J connectivity index is 1.70. The van der Waals surface area contributed by atoms with Crippen LogP contribution >= 0.6 is 11.6 Å². The molecule has 1 aliphatic rings. The molecule has 98 valence electrons. The highest BCUT2D eigenvalue weighted by Crippen LogP contribution is 2.23. The molecule has 2 heterocycles. The maximum Gasteiger partial charge on any atom is 0.153 e. The van der Waals surface area contributed by atoms with Crippen molar-refractivity contribution in [2.75, 3.05) is 23.3 Å². The van der Waals surface area contributed by atoms with Crippen molar-refractivity contribution in [1.82, 2.24) is 10.2 Å². The fourth-order valence-electron chi connectivity index (χ4n) is 2.26. The van der Waals surface area contributed by atoms with Gasteiger partial charge in [0.15, 0.2) is 11.0 Å². The first-order valence-electron chi connectivity index (χ1n) is 6.42. The Bertz CT molecular complexity index is 532. The molecule has 0 bridgehead atoms. The Morgan fingerprint density at radius 1 is 0.947 bits per heavy atom. The summed E-state index contributed by atoms with van der Waals surface area (Å²) in [5, 5.41) is 11.4. The lowest BCUT2D eigenvalue weighted by atomic mass is 10.2. The van der Waals surface area contributed by atoms with Crippen molar-refractivity contribution in [1.29, 1.82) is 0 Å². The number of hydrogen-bond acceptors (Lipinski definition) is 4. The topological polar surface area (TPSA) is 41.0 Å². The first kappa shape index (κ1) is 12.2. The SMILES string of the molecule is Clc1ccc(Nc2ccc(N3CCCC3)cc2)nn1. The number of anilines is 3. The Labute approximate surface area is 117 Å². The predicted octanol–water partition coefficient (Wildman–Crippen LogP) is 3.47. The van der Waals surface area contributed by atoms with E-state index in [1.165, 1.54) is 18.5 Å². The molecule has 1 aromatic carbocycles. The molecule has 0 aliphatic carbocycles. The molecular weight excluding hydrogens is 260 g/mol. The fraction of sp³-hybridized carbons (Fsp3) is 0.286. The molecule has 4 nitrogen and oxygen atoms in total. The van der Waals surface area contributed by atoms with Gasteiger partial charge in [-0.2, -0.15) is 0 Å². The number of hydrogen-bond donors (Lipinski definition) is 1. The Morgan fingerprint density at radius 2 is 1.68 bits per heavy atom. The highest BCUT2D eigenvalue weighted by Gasteiger charge is 2.11. The second-order valence-corrected chi connectivity index (χ2v) is 4.99. The van der Waals surface area contributed by atoms with E-state index in [2.05, 4.69) is 44.7 Å². The summed E-state index contributed by atoms with van der Waals surface area (Å²) in [4.78, 5) is 2.41. The van der Waals surface area contributed by atoms with E-state index in [4.69, 9.17) is 11.6 Å². The molecule has 1 N–H and O–H groups in total. The number of benzene rings is 1. The normalized spacial score (nSPS) is 14.7. The minimum absolute atomic E-state index is 0.398. The number of halogens is 1. The van der Waals surface area contributed by atoms with Gasteiger partial charge in [0.1, 0.15) is 0 Å². The Kier molecular flexibility index (Phi) is 3.51. The van der Waals surface area contributed by atoms with Gasteiger partial charge < -0.3 is 10.2 Å². The minimum Gasteiger partial charge on any atom is -0.372 e. The van der Waals surface area contributed by atoms with Crippen molar-refractivity contribution in [2.45, 2.75) is 12.8 Å². The van der Waals surface area contributed by atoms with Crippen LogP contribution in [0.4, 0.5) is 17.2 Å². The van der Waals surface area contributed by atoms with Gasteiger partial charge in [-0.25, -0.2) is 0 Å². The second kappa shape index (κ2) is 5.45. The van der Waals surface area contributed by atoms with Crippen molar-refractivity contribution < 1.29 is 0 Å². The number of nitrogens with one attached hydrogen (secondary N) is 1. The average Bonchev–Trinajstić information content (AvgIpc) is 2.96. The molecule has 0 unspecified atom stereocenters. The summed E-state index contributed by atoms with van der Waals surface area (Å²) in [5.41, 5.74) is 2.28. The number of rotatable bonds is 3. The third kappa shape index (κ3) is 2.96. The van der Waals surface area contributed by atoms with E-state index in [1.807, 2.05) is 6.07 Å². The van der Waals surface area contributed by atoms with E-state index in [-0.39, 0.29) is 0 Å². The third-order valence-electron chi connectivity index (χ3n) is 3.24. The van der Waals surface area contributed by atoms with Gasteiger partial charge in [-0.1, -0.05) is 11.6 Å². The van der Waals surface area contributed by atoms with Gasteiger partial charge in [-0.15, -0.1) is 10.2 Å². The van der Waals surface area contributed by atoms with E-state index in [9.17, 15) is 0 Å². The van der Waals surface area contributed by atoms with Crippen molar-refractivity contribution >= 4 is 28.8 Å². The predicted molar refractivity (Wildman–Crippen MR) is 78.2 cm³/mol. The Morgan fingerprint density at radius 3 is 2.32 bits per heavy atom. The van der Waals surface area contributed by atoms with E-state index in [0.29, 0.717) is 11.0 Å². The zero-order valence-electron chi connectivity index (χ0n) is 10.5. The molecule has 5 heteroatoms. The molecule has 0 atom stereocenters. The van der Waals surface area contributed by atoms with E-state index in [1.54, 1.807) is 6.07 Å². The summed E-state index contributed by atoms with van der Waals surface area (Å²) in [6.45, 7) is 2.32. The molecule has 0 radical (unpaired) electrons. The van der Waals surface area contributed by atoms with Gasteiger partial charge in [0, 0.05) is 24.5 Å². The third-order valence-corrected chi connectivity index (χ3v) is 3.44. The molecule has 0 saturated carbocycles. The lowest BCUT2D eigenvalue weighted by Crippen LogP contribution is -2.17. The van der Waals surface area contributed by atoms with Crippen LogP contribution in [-0.2, 0) is 0 Å². The number of nitrogens with zero attached hydrogens (tertiary/aromatic N) is 3. The van der Waals surface area contributed by atoms with Crippen LogP contribution < -0.4 is 10.2 Å². The summed E-state index contributed by atoms with van der Waals surface area (Å²) in [6, 6.07) is 11.9. The highest BCUT2D eigenvalue weighted by molar-refractivity contribution is 6.29. The molecule has 1 aliphatic heterocycles. The van der Waals surface area contributed by atoms with E-state index >= 15 is 0 Å². The minimum atomic E-state index is 0.398. The lowest BCUT2D eigenvalue weighted by molar-refractivity contribution is 0.949. The van der Waals surface area contributed by atoms with Crippen LogP contribution in [0.3, 0.4) is 0 Å². The van der Waals surface area contributed by atoms with Crippen LogP contribution in [0.1, 0.15) is 12.8 Å². The van der Waals surface area contributed by atoms with Gasteiger partial charge in [0.25, 0.3) is 0 Å². The Hall–Kier alpha value is -1.81. The molecular formula is C14H15ClN4. The van der Waals surface area contributed by atoms with E-state index in [0.717, 1.165) is 18.8 Å². The van der Waals surface area contributed by atoms with Gasteiger partial charge in [0.2, 0.25) is 0 Å². The van der Waals surface area contributed by atoms with Crippen LogP contribution in [0.5, 0.6) is 0 Å². The van der Waals surface area contributed by atoms with Gasteiger partial charge >= 0.3 is 0 Å². The summed E-state index contributed by atoms with van der Waals surface area (Å²) in [6.07, 6.45) is 2.58. The average molecular weight is 275 g/mol. The fourth-order valence-corrected chi connectivity index (χ4v) is 2.36. The molecule has 0 spiro atoms. The van der Waals surface area contributed by atoms with E-state index < -0.39 is 0 Å². The smallest absolute Gasteiger partial charge is 0.153 e. The van der Waals surface area contributed by atoms with Gasteiger partial charge in [-0.05, 0) is 49.2 Å². The zero-order valence-corrected chi connectivity index (χ0v) is 11.3. The first-order valence-corrected chi connectivity index (χ1v) is 6.80. The lowest BCUT2D eigenvalue weighted by Gasteiger charge is -2.17. The van der Waals surface area contributed by atoms with Crippen LogP contribution in [0.25, 0.3) is 0 Å². The zero-order chi connectivity index (χ0) is 13.1.